The zero-order chi connectivity index (χ0) is 43.7. The summed E-state index contributed by atoms with van der Waals surface area (Å²) in [5, 5.41) is 0. The summed E-state index contributed by atoms with van der Waals surface area (Å²) in [5.41, 5.74) is 1.92. The van der Waals surface area contributed by atoms with Crippen molar-refractivity contribution >= 4 is 16.0 Å². The Morgan fingerprint density at radius 1 is 0.933 bits per heavy atom. The molecule has 60 heavy (non-hydrogen) atoms. The van der Waals surface area contributed by atoms with E-state index in [1.54, 1.807) is 19.2 Å². The molecule has 1 N–H and O–H groups in total. The maximum Gasteiger partial charge on any atom is 0.310 e. The van der Waals surface area contributed by atoms with Crippen molar-refractivity contribution in [2.24, 2.45) is 62.1 Å². The van der Waals surface area contributed by atoms with Gasteiger partial charge < -0.3 is 18.9 Å². The Morgan fingerprint density at radius 2 is 1.62 bits per heavy atom. The molecular weight excluding hydrogens is 771 g/mol. The molecule has 1 unspecified atom stereocenters. The third-order valence-electron chi connectivity index (χ3n) is 17.7. The lowest BCUT2D eigenvalue weighted by Gasteiger charge is -2.71. The summed E-state index contributed by atoms with van der Waals surface area (Å²) < 4.78 is 57.0. The van der Waals surface area contributed by atoms with Gasteiger partial charge >= 0.3 is 5.97 Å². The fourth-order valence-electron chi connectivity index (χ4n) is 13.5. The van der Waals surface area contributed by atoms with E-state index in [9.17, 15) is 13.2 Å². The Kier molecular flexibility index (Phi) is 12.3. The number of ether oxygens (including phenoxy) is 4. The fraction of sp³-hybridized carbons (Fsp3) is 0.706. The molecule has 2 aromatic rings. The Bertz CT molecular complexity index is 2010. The van der Waals surface area contributed by atoms with Crippen LogP contribution in [0.25, 0.3) is 0 Å². The first-order valence-corrected chi connectivity index (χ1v) is 24.3. The number of hydrogen-bond donors (Lipinski definition) is 1. The number of sulfonamides is 1. The van der Waals surface area contributed by atoms with Crippen molar-refractivity contribution in [3.05, 3.63) is 77.4 Å². The molecule has 0 spiro atoms. The van der Waals surface area contributed by atoms with Gasteiger partial charge in [0.1, 0.15) is 6.61 Å². The van der Waals surface area contributed by atoms with E-state index < -0.39 is 21.5 Å². The van der Waals surface area contributed by atoms with Crippen molar-refractivity contribution in [1.82, 2.24) is 4.72 Å². The topological polar surface area (TPSA) is 100 Å². The van der Waals surface area contributed by atoms with Gasteiger partial charge in [-0.25, -0.2) is 13.1 Å². The van der Waals surface area contributed by atoms with Crippen molar-refractivity contribution in [3.8, 4) is 0 Å². The Balaban J connectivity index is 1.20. The molecule has 9 heteroatoms. The van der Waals surface area contributed by atoms with Crippen LogP contribution in [0, 0.1) is 69.0 Å². The molecule has 1 aliphatic heterocycles. The van der Waals surface area contributed by atoms with Gasteiger partial charge in [-0.3, -0.25) is 4.79 Å². The van der Waals surface area contributed by atoms with Crippen LogP contribution in [0.15, 0.2) is 71.1 Å². The van der Waals surface area contributed by atoms with E-state index in [2.05, 4.69) is 80.0 Å². The molecule has 12 atom stereocenters. The van der Waals surface area contributed by atoms with Crippen LogP contribution in [0.5, 0.6) is 0 Å². The first kappa shape index (κ1) is 45.5. The Hall–Kier alpha value is -2.56. The van der Waals surface area contributed by atoms with Gasteiger partial charge in [-0.05, 0) is 108 Å². The number of allylic oxidation sites excluding steroid dienone is 1. The molecule has 7 rings (SSSR count). The molecule has 1 saturated heterocycles. The smallest absolute Gasteiger partial charge is 0.310 e. The van der Waals surface area contributed by atoms with Crippen LogP contribution in [0.2, 0.25) is 0 Å². The Labute approximate surface area is 362 Å². The van der Waals surface area contributed by atoms with Gasteiger partial charge in [0, 0.05) is 17.9 Å². The van der Waals surface area contributed by atoms with Gasteiger partial charge in [0.25, 0.3) is 0 Å². The minimum atomic E-state index is -3.78. The lowest BCUT2D eigenvalue weighted by molar-refractivity contribution is -0.268. The number of benzene rings is 2. The number of methoxy groups -OCH3 is 1. The number of aryl methyl sites for hydroxylation is 1. The van der Waals surface area contributed by atoms with E-state index in [1.807, 2.05) is 49.4 Å². The molecule has 0 amide bonds. The molecule has 2 aromatic carbocycles. The van der Waals surface area contributed by atoms with E-state index in [0.717, 1.165) is 49.7 Å². The molecule has 2 bridgehead atoms. The number of rotatable bonds is 12. The van der Waals surface area contributed by atoms with Crippen LogP contribution in [-0.4, -0.2) is 59.6 Å². The highest BCUT2D eigenvalue weighted by molar-refractivity contribution is 7.89. The van der Waals surface area contributed by atoms with E-state index in [1.165, 1.54) is 5.57 Å². The number of nitrogens with one attached hydrogen (secondary N) is 1. The van der Waals surface area contributed by atoms with Crippen molar-refractivity contribution in [3.63, 3.8) is 0 Å². The molecule has 3 saturated carbocycles. The van der Waals surface area contributed by atoms with Gasteiger partial charge in [0.15, 0.2) is 0 Å². The van der Waals surface area contributed by atoms with Crippen LogP contribution in [0.3, 0.4) is 0 Å². The second-order valence-electron chi connectivity index (χ2n) is 22.2. The predicted octanol–water partition coefficient (Wildman–Crippen LogP) is 10.3. The summed E-state index contributed by atoms with van der Waals surface area (Å²) in [4.78, 5) is 15.1. The number of esters is 1. The molecule has 5 aliphatic rings. The van der Waals surface area contributed by atoms with Gasteiger partial charge in [0.2, 0.25) is 10.0 Å². The highest BCUT2D eigenvalue weighted by atomic mass is 32.2. The molecule has 4 fully saturated rings. The van der Waals surface area contributed by atoms with Crippen LogP contribution in [0.4, 0.5) is 0 Å². The highest BCUT2D eigenvalue weighted by Gasteiger charge is 2.72. The first-order chi connectivity index (χ1) is 28.1. The summed E-state index contributed by atoms with van der Waals surface area (Å²) in [6, 6.07) is 16.6. The number of carbonyl (C=O) groups is 1. The highest BCUT2D eigenvalue weighted by Crippen LogP contribution is 2.75. The van der Waals surface area contributed by atoms with Crippen LogP contribution in [0.1, 0.15) is 119 Å². The van der Waals surface area contributed by atoms with Gasteiger partial charge in [-0.1, -0.05) is 129 Å². The summed E-state index contributed by atoms with van der Waals surface area (Å²) in [6.07, 6.45) is 7.80. The maximum atomic E-state index is 14.8. The molecule has 0 aromatic heterocycles. The second kappa shape index (κ2) is 16.2. The maximum absolute atomic E-state index is 14.8. The van der Waals surface area contributed by atoms with Crippen molar-refractivity contribution < 1.29 is 32.2 Å². The number of hydrogen-bond acceptors (Lipinski definition) is 7. The predicted molar refractivity (Wildman–Crippen MR) is 237 cm³/mol. The molecule has 1 heterocycles. The van der Waals surface area contributed by atoms with Crippen LogP contribution >= 0.6 is 0 Å². The quantitative estimate of drug-likeness (QED) is 0.168. The van der Waals surface area contributed by atoms with E-state index in [4.69, 9.17) is 18.9 Å². The summed E-state index contributed by atoms with van der Waals surface area (Å²) in [5.74, 6) is 1.09. The fourth-order valence-corrected chi connectivity index (χ4v) is 14.9. The average molecular weight is 846 g/mol. The SMILES string of the molecule is CO[C@@H]1C[C@@]23COCC(C)([C@H]1OC[C@@H](NS(=O)(=O)c1ccc(C)cc1)C(C)(C)C)[C@@H]2CC[C@H]1C3=CC[C@@]2(C)[C@H](C(=O)OCc3ccccc3)[C@@](C)([C@H](C)C(C)C)CC[C@]12C. The van der Waals surface area contributed by atoms with Gasteiger partial charge in [-0.2, -0.15) is 0 Å². The minimum absolute atomic E-state index is 0.0497. The molecular formula is C51H75NO7S. The normalized spacial score (nSPS) is 37.5. The van der Waals surface area contributed by atoms with Gasteiger partial charge in [-0.15, -0.1) is 0 Å². The van der Waals surface area contributed by atoms with Crippen molar-refractivity contribution in [1.29, 1.82) is 0 Å². The zero-order valence-corrected chi connectivity index (χ0v) is 39.5. The van der Waals surface area contributed by atoms with Crippen LogP contribution < -0.4 is 4.72 Å². The molecule has 332 valence electrons. The first-order valence-electron chi connectivity index (χ1n) is 22.8. The third kappa shape index (κ3) is 7.46. The average Bonchev–Trinajstić information content (AvgIpc) is 3.19. The Morgan fingerprint density at radius 3 is 2.25 bits per heavy atom. The second-order valence-corrected chi connectivity index (χ2v) is 23.9. The zero-order valence-electron chi connectivity index (χ0n) is 38.7. The molecule has 8 nitrogen and oxygen atoms in total. The summed E-state index contributed by atoms with van der Waals surface area (Å²) in [7, 11) is -1.98. The lowest BCUT2D eigenvalue weighted by Crippen LogP contribution is -2.70. The summed E-state index contributed by atoms with van der Waals surface area (Å²) >= 11 is 0. The summed E-state index contributed by atoms with van der Waals surface area (Å²) in [6.45, 7) is 26.4. The van der Waals surface area contributed by atoms with Crippen molar-refractivity contribution in [2.45, 2.75) is 144 Å². The van der Waals surface area contributed by atoms with Crippen molar-refractivity contribution in [2.75, 3.05) is 26.9 Å². The largest absolute Gasteiger partial charge is 0.461 e. The number of fused-ring (bicyclic) bond motifs is 3. The van der Waals surface area contributed by atoms with Gasteiger partial charge in [0.05, 0.1) is 48.9 Å². The number of carbonyl (C=O) groups excluding carboxylic acids is 1. The standard InChI is InChI=1S/C51H75NO7S/c1-33(2)35(4)47(8)26-27-49(10)38-22-23-41-48(9)31-57-32-51(41,39(38)24-25-50(49,11)43(47)45(53)59-29-36-16-14-13-15-17-36)28-40(56-12)44(48)58-30-42(46(5,6)7)52-60(54,55)37-20-18-34(3)19-21-37/h13-21,24,33,35,38,40-44,52H,22-23,25-32H2,1-12H3/t35-,38+,40-,41+,42-,43-,44+,47-,48?,49-,50+,51+/m1/s1. The lowest BCUT2D eigenvalue weighted by atomic mass is 9.34. The molecule has 0 radical (unpaired) electrons. The minimum Gasteiger partial charge on any atom is -0.461 e. The van der Waals surface area contributed by atoms with E-state index in [-0.39, 0.29) is 69.3 Å². The third-order valence-corrected chi connectivity index (χ3v) is 19.2. The monoisotopic (exact) mass is 846 g/mol. The van der Waals surface area contributed by atoms with E-state index >= 15 is 0 Å². The van der Waals surface area contributed by atoms with Crippen LogP contribution in [-0.2, 0) is 40.4 Å². The molecule has 4 aliphatic carbocycles. The van der Waals surface area contributed by atoms with E-state index in [0.29, 0.717) is 36.9 Å².